The molecule has 4 N–H and O–H groups in total. The number of aliphatic hydroxyl groups excluding tert-OH is 2. The van der Waals surface area contributed by atoms with E-state index in [1.165, 1.54) is 12.2 Å². The summed E-state index contributed by atoms with van der Waals surface area (Å²) in [5.74, 6) is -2.34. The summed E-state index contributed by atoms with van der Waals surface area (Å²) in [5.41, 5.74) is 4.64. The van der Waals surface area contributed by atoms with Gasteiger partial charge in [0.2, 0.25) is 0 Å². The molecule has 10 heteroatoms. The number of rotatable bonds is 5. The summed E-state index contributed by atoms with van der Waals surface area (Å²) in [6, 6.07) is 7.22. The molecule has 1 unspecified atom stereocenters. The van der Waals surface area contributed by atoms with Gasteiger partial charge in [0.15, 0.2) is 23.5 Å². The number of allylic oxidation sites excluding steroid dienone is 4. The zero-order valence-corrected chi connectivity index (χ0v) is 24.8. The number of thiophene rings is 1. The van der Waals surface area contributed by atoms with Crippen LogP contribution in [-0.4, -0.2) is 52.4 Å². The summed E-state index contributed by atoms with van der Waals surface area (Å²) in [7, 11) is 0. The van der Waals surface area contributed by atoms with Gasteiger partial charge in [0.25, 0.3) is 0 Å². The minimum Gasteiger partial charge on any atom is -0.399 e. The molecule has 228 valence electrons. The lowest BCUT2D eigenvalue weighted by molar-refractivity contribution is -0.202. The maximum Gasteiger partial charge on any atom is 0.197 e. The number of nitrogens with two attached hydrogens (primary N) is 1. The number of Topliss-reactive ketones (excluding diaryl/α,β-unsaturated/α-hetero) is 1. The van der Waals surface area contributed by atoms with E-state index >= 15 is 8.78 Å². The molecule has 43 heavy (non-hydrogen) atoms. The van der Waals surface area contributed by atoms with Crippen LogP contribution in [0.4, 0.5) is 14.5 Å². The average Bonchev–Trinajstić information content (AvgIpc) is 3.59. The van der Waals surface area contributed by atoms with E-state index in [1.54, 1.807) is 23.6 Å². The first-order chi connectivity index (χ1) is 20.4. The molecule has 4 aliphatic carbocycles. The first-order valence-corrected chi connectivity index (χ1v) is 15.7. The number of fused-ring (bicyclic) bond motifs is 7. The van der Waals surface area contributed by atoms with Gasteiger partial charge in [0.1, 0.15) is 18.6 Å². The van der Waals surface area contributed by atoms with Gasteiger partial charge in [0.05, 0.1) is 17.1 Å². The van der Waals surface area contributed by atoms with Crippen LogP contribution >= 0.6 is 11.3 Å². The van der Waals surface area contributed by atoms with Crippen molar-refractivity contribution in [1.82, 2.24) is 0 Å². The van der Waals surface area contributed by atoms with Gasteiger partial charge in [-0.25, -0.2) is 8.78 Å². The van der Waals surface area contributed by atoms with E-state index in [-0.39, 0.29) is 41.3 Å². The molecule has 2 aromatic rings. The highest BCUT2D eigenvalue weighted by Gasteiger charge is 2.76. The Morgan fingerprint density at radius 1 is 1.26 bits per heavy atom. The molecule has 4 fully saturated rings. The molecule has 5 aliphatic rings. The fraction of sp³-hybridized carbons (Fsp3) is 0.515. The van der Waals surface area contributed by atoms with Crippen LogP contribution in [-0.2, 0) is 25.5 Å². The Bertz CT molecular complexity index is 1570. The number of ketones is 2. The highest BCUT2D eigenvalue weighted by atomic mass is 32.1. The topological polar surface area (TPSA) is 119 Å². The molecule has 7 rings (SSSR count). The van der Waals surface area contributed by atoms with Crippen LogP contribution < -0.4 is 5.73 Å². The molecule has 1 aromatic carbocycles. The first-order valence-electron chi connectivity index (χ1n) is 14.8. The fourth-order valence-corrected chi connectivity index (χ4v) is 10.3. The van der Waals surface area contributed by atoms with E-state index in [4.69, 9.17) is 15.2 Å². The molecule has 0 spiro atoms. The van der Waals surface area contributed by atoms with Crippen LogP contribution in [0.2, 0.25) is 0 Å². The number of alkyl halides is 1. The van der Waals surface area contributed by atoms with Gasteiger partial charge < -0.3 is 25.4 Å². The molecular formula is C33H35F2NO6S. The van der Waals surface area contributed by atoms with Crippen LogP contribution in [0.1, 0.15) is 55.4 Å². The minimum absolute atomic E-state index is 0.0942. The number of carbonyl (C=O) groups excluding carboxylic acids is 2. The van der Waals surface area contributed by atoms with Crippen molar-refractivity contribution in [3.05, 3.63) is 75.3 Å². The highest BCUT2D eigenvalue weighted by Crippen LogP contribution is 2.70. The van der Waals surface area contributed by atoms with E-state index < -0.39 is 59.3 Å². The normalized spacial score (nSPS) is 41.3. The highest BCUT2D eigenvalue weighted by molar-refractivity contribution is 7.10. The molecule has 0 bridgehead atoms. The van der Waals surface area contributed by atoms with Crippen molar-refractivity contribution in [3.63, 3.8) is 0 Å². The van der Waals surface area contributed by atoms with Gasteiger partial charge in [0, 0.05) is 34.4 Å². The summed E-state index contributed by atoms with van der Waals surface area (Å²) in [4.78, 5) is 26.0. The summed E-state index contributed by atoms with van der Waals surface area (Å²) < 4.78 is 44.4. The lowest BCUT2D eigenvalue weighted by Gasteiger charge is -2.60. The van der Waals surface area contributed by atoms with Crippen molar-refractivity contribution < 1.29 is 38.1 Å². The number of anilines is 1. The molecule has 10 atom stereocenters. The SMILES string of the molecule is C[C@]12C=CC(=O)C=C1[C@@H](F)C[C@@H]1C2[C@@H](O)C[C@@]2(C)[C@H]1C[C@H]1O[C@H](c3scc(Cc4cccc(N)c4)c3F)O[C@]12C(=O)CO. The van der Waals surface area contributed by atoms with Gasteiger partial charge >= 0.3 is 0 Å². The van der Waals surface area contributed by atoms with E-state index in [2.05, 4.69) is 0 Å². The maximum absolute atomic E-state index is 15.8. The molecule has 7 nitrogen and oxygen atoms in total. The second-order valence-electron chi connectivity index (χ2n) is 13.3. The molecule has 0 amide bonds. The average molecular weight is 612 g/mol. The zero-order chi connectivity index (χ0) is 30.5. The number of hydrogen-bond acceptors (Lipinski definition) is 8. The number of halogens is 2. The molecule has 3 saturated carbocycles. The third-order valence-electron chi connectivity index (χ3n) is 11.2. The second-order valence-corrected chi connectivity index (χ2v) is 14.2. The van der Waals surface area contributed by atoms with Crippen LogP contribution in [0, 0.1) is 34.4 Å². The predicted octanol–water partition coefficient (Wildman–Crippen LogP) is 4.61. The van der Waals surface area contributed by atoms with E-state index in [0.717, 1.165) is 16.9 Å². The molecular weight excluding hydrogens is 576 g/mol. The standard InChI is InChI=1S/C33H35F2NO6S/c1-31-7-6-19(38)10-22(31)23(34)11-20-21-12-26-33(25(40)14-37,32(21,2)13-24(39)27(20)31)42-30(41-26)29-28(35)17(15-43-29)8-16-4-3-5-18(36)9-16/h3-7,9-10,15,20-21,23-24,26-27,30,37,39H,8,11-14,36H2,1-2H3/t20-,21-,23-,24-,26+,27?,30-,31-,32-,33+/m0/s1. The lowest BCUT2D eigenvalue weighted by atomic mass is 9.46. The maximum atomic E-state index is 15.8. The number of carbonyl (C=O) groups is 2. The van der Waals surface area contributed by atoms with Gasteiger partial charge in [-0.05, 0) is 71.9 Å². The van der Waals surface area contributed by atoms with Gasteiger partial charge in [-0.15, -0.1) is 11.3 Å². The van der Waals surface area contributed by atoms with Crippen LogP contribution in [0.5, 0.6) is 0 Å². The van der Waals surface area contributed by atoms with Crippen molar-refractivity contribution >= 4 is 28.6 Å². The zero-order valence-electron chi connectivity index (χ0n) is 24.0. The smallest absolute Gasteiger partial charge is 0.197 e. The lowest BCUT2D eigenvalue weighted by Crippen LogP contribution is -2.64. The van der Waals surface area contributed by atoms with Crippen molar-refractivity contribution in [2.75, 3.05) is 12.3 Å². The molecule has 0 radical (unpaired) electrons. The first kappa shape index (κ1) is 29.0. The summed E-state index contributed by atoms with van der Waals surface area (Å²) in [6.07, 6.45) is 1.08. The monoisotopic (exact) mass is 611 g/mol. The van der Waals surface area contributed by atoms with Gasteiger partial charge in [-0.3, -0.25) is 9.59 Å². The Labute approximate surface area is 252 Å². The van der Waals surface area contributed by atoms with Crippen LogP contribution in [0.25, 0.3) is 0 Å². The van der Waals surface area contributed by atoms with Crippen molar-refractivity contribution in [2.45, 2.75) is 69.8 Å². The molecule has 2 heterocycles. The van der Waals surface area contributed by atoms with Crippen molar-refractivity contribution in [2.24, 2.45) is 28.6 Å². The van der Waals surface area contributed by atoms with E-state index in [9.17, 15) is 19.8 Å². The number of ether oxygens (including phenoxy) is 2. The predicted molar refractivity (Wildman–Crippen MR) is 155 cm³/mol. The Kier molecular flexibility index (Phi) is 6.65. The number of hydrogen-bond donors (Lipinski definition) is 3. The summed E-state index contributed by atoms with van der Waals surface area (Å²) in [5, 5.41) is 23.6. The third kappa shape index (κ3) is 3.96. The Morgan fingerprint density at radius 3 is 2.79 bits per heavy atom. The largest absolute Gasteiger partial charge is 0.399 e. The van der Waals surface area contributed by atoms with E-state index in [0.29, 0.717) is 29.7 Å². The summed E-state index contributed by atoms with van der Waals surface area (Å²) in [6.45, 7) is 2.91. The second kappa shape index (κ2) is 9.87. The van der Waals surface area contributed by atoms with Gasteiger partial charge in [-0.1, -0.05) is 32.1 Å². The van der Waals surface area contributed by atoms with Crippen molar-refractivity contribution in [3.8, 4) is 0 Å². The van der Waals surface area contributed by atoms with Crippen LogP contribution in [0.15, 0.2) is 53.4 Å². The molecule has 1 saturated heterocycles. The Hall–Kier alpha value is -2.76. The summed E-state index contributed by atoms with van der Waals surface area (Å²) >= 11 is 1.14. The number of nitrogen functional groups attached to an aromatic ring is 1. The Morgan fingerprint density at radius 2 is 2.05 bits per heavy atom. The van der Waals surface area contributed by atoms with Gasteiger partial charge in [-0.2, -0.15) is 0 Å². The fourth-order valence-electron chi connectivity index (χ4n) is 9.41. The third-order valence-corrected chi connectivity index (χ3v) is 12.2. The van der Waals surface area contributed by atoms with E-state index in [1.807, 2.05) is 26.0 Å². The number of aliphatic hydroxyl groups is 2. The quantitative estimate of drug-likeness (QED) is 0.423. The number of benzene rings is 1. The van der Waals surface area contributed by atoms with Crippen molar-refractivity contribution in [1.29, 1.82) is 0 Å². The van der Waals surface area contributed by atoms with Crippen LogP contribution in [0.3, 0.4) is 0 Å². The molecule has 1 aliphatic heterocycles. The minimum atomic E-state index is -1.64. The Balaban J connectivity index is 1.22. The molecule has 1 aromatic heterocycles.